The summed E-state index contributed by atoms with van der Waals surface area (Å²) in [6.45, 7) is -0.299. The zero-order chi connectivity index (χ0) is 16.7. The summed E-state index contributed by atoms with van der Waals surface area (Å²) < 4.78 is 12.7. The molecule has 1 fully saturated rings. The van der Waals surface area contributed by atoms with Gasteiger partial charge < -0.3 is 19.7 Å². The van der Waals surface area contributed by atoms with E-state index in [2.05, 4.69) is 0 Å². The Hall–Kier alpha value is -1.31. The van der Waals surface area contributed by atoms with Crippen LogP contribution in [0.25, 0.3) is 10.9 Å². The van der Waals surface area contributed by atoms with Crippen LogP contribution in [0.5, 0.6) is 5.88 Å². The number of methoxy groups -OCH3 is 1. The number of aliphatic hydroxyl groups is 2. The molecule has 0 spiro atoms. The van der Waals surface area contributed by atoms with Crippen molar-refractivity contribution in [2.45, 2.75) is 24.9 Å². The fraction of sp³-hybridized carbons (Fsp3) is 0.400. The Kier molecular flexibility index (Phi) is 4.53. The van der Waals surface area contributed by atoms with Gasteiger partial charge in [-0.3, -0.25) is 9.36 Å². The number of hydrogen-bond donors (Lipinski definition) is 2. The number of nitrogens with zero attached hydrogens (tertiary/aromatic N) is 1. The first-order chi connectivity index (χ1) is 11.0. The molecule has 124 valence electrons. The number of benzene rings is 1. The molecule has 3 atom stereocenters. The maximum Gasteiger partial charge on any atom is 0.207 e. The van der Waals surface area contributed by atoms with Crippen LogP contribution in [0.3, 0.4) is 0 Å². The van der Waals surface area contributed by atoms with Crippen LogP contribution in [0, 0.1) is 0 Å². The highest BCUT2D eigenvalue weighted by molar-refractivity contribution is 6.43. The van der Waals surface area contributed by atoms with Gasteiger partial charge in [-0.2, -0.15) is 0 Å². The molecule has 2 aromatic rings. The summed E-state index contributed by atoms with van der Waals surface area (Å²) in [5.41, 5.74) is 0.931. The van der Waals surface area contributed by atoms with Crippen LogP contribution in [0.15, 0.2) is 12.1 Å². The summed E-state index contributed by atoms with van der Waals surface area (Å²) in [6.07, 6.45) is -1.16. The van der Waals surface area contributed by atoms with E-state index in [0.29, 0.717) is 38.7 Å². The lowest BCUT2D eigenvalue weighted by Crippen LogP contribution is -2.24. The van der Waals surface area contributed by atoms with E-state index in [-0.39, 0.29) is 13.0 Å². The number of aromatic nitrogens is 1. The van der Waals surface area contributed by atoms with E-state index < -0.39 is 18.4 Å². The van der Waals surface area contributed by atoms with E-state index in [0.717, 1.165) is 0 Å². The van der Waals surface area contributed by atoms with E-state index in [1.54, 1.807) is 16.7 Å². The van der Waals surface area contributed by atoms with Crippen LogP contribution >= 0.6 is 23.2 Å². The lowest BCUT2D eigenvalue weighted by molar-refractivity contribution is -0.0446. The molecule has 23 heavy (non-hydrogen) atoms. The molecule has 1 saturated heterocycles. The third-order valence-electron chi connectivity index (χ3n) is 4.02. The standard InChI is InChI=1S/C15H15Cl2NO5/c1-22-15-8(5-19)7-2-9(16)10(17)3-11(7)18(15)14-4-12(21)13(6-20)23-14/h2-3,5,12-14,20-21H,4,6H2,1H3/t12?,13-,14-/m1/s1. The molecule has 0 amide bonds. The van der Waals surface area contributed by atoms with Gasteiger partial charge in [0.05, 0.1) is 40.9 Å². The van der Waals surface area contributed by atoms with Crippen molar-refractivity contribution in [1.82, 2.24) is 4.57 Å². The number of fused-ring (bicyclic) bond motifs is 1. The minimum Gasteiger partial charge on any atom is -0.482 e. The lowest BCUT2D eigenvalue weighted by atomic mass is 10.2. The Balaban J connectivity index is 2.23. The fourth-order valence-corrected chi connectivity index (χ4v) is 3.27. The van der Waals surface area contributed by atoms with Gasteiger partial charge in [0, 0.05) is 11.8 Å². The SMILES string of the molecule is COc1c(C=O)c2cc(Cl)c(Cl)cc2n1[C@H]1CC(O)[C@@H](CO)O1. The summed E-state index contributed by atoms with van der Waals surface area (Å²) in [5.74, 6) is 0.295. The van der Waals surface area contributed by atoms with Gasteiger partial charge in [-0.1, -0.05) is 23.2 Å². The second-order valence-electron chi connectivity index (χ2n) is 5.31. The number of halogens is 2. The first-order valence-corrected chi connectivity index (χ1v) is 7.73. The smallest absolute Gasteiger partial charge is 0.207 e. The Morgan fingerprint density at radius 1 is 1.43 bits per heavy atom. The number of ether oxygens (including phenoxy) is 2. The summed E-state index contributed by atoms with van der Waals surface area (Å²) in [6, 6.07) is 3.22. The molecule has 0 saturated carbocycles. The molecule has 3 rings (SSSR count). The quantitative estimate of drug-likeness (QED) is 0.819. The van der Waals surface area contributed by atoms with Crippen molar-refractivity contribution in [3.63, 3.8) is 0 Å². The normalized spacial score (nSPS) is 24.3. The third kappa shape index (κ3) is 2.60. The number of aliphatic hydroxyl groups excluding tert-OH is 2. The molecule has 2 N–H and O–H groups in total. The fourth-order valence-electron chi connectivity index (χ4n) is 2.95. The second kappa shape index (κ2) is 6.30. The number of carbonyl (C=O) groups excluding carboxylic acids is 1. The van der Waals surface area contributed by atoms with Gasteiger partial charge in [-0.25, -0.2) is 0 Å². The number of rotatable bonds is 4. The Labute approximate surface area is 142 Å². The Bertz CT molecular complexity index is 760. The van der Waals surface area contributed by atoms with Crippen molar-refractivity contribution in [2.24, 2.45) is 0 Å². The number of carbonyl (C=O) groups is 1. The third-order valence-corrected chi connectivity index (χ3v) is 4.74. The van der Waals surface area contributed by atoms with E-state index in [1.807, 2.05) is 0 Å². The molecule has 1 aliphatic rings. The van der Waals surface area contributed by atoms with E-state index >= 15 is 0 Å². The molecule has 1 aromatic carbocycles. The summed E-state index contributed by atoms with van der Waals surface area (Å²) >= 11 is 12.1. The monoisotopic (exact) mass is 359 g/mol. The average Bonchev–Trinajstić information content (AvgIpc) is 3.04. The van der Waals surface area contributed by atoms with E-state index in [4.69, 9.17) is 32.7 Å². The number of hydrogen-bond acceptors (Lipinski definition) is 5. The van der Waals surface area contributed by atoms with Gasteiger partial charge in [0.2, 0.25) is 5.88 Å². The zero-order valence-electron chi connectivity index (χ0n) is 12.2. The van der Waals surface area contributed by atoms with Crippen molar-refractivity contribution < 1.29 is 24.5 Å². The first kappa shape index (κ1) is 16.5. The molecular weight excluding hydrogens is 345 g/mol. The minimum absolute atomic E-state index is 0.254. The van der Waals surface area contributed by atoms with Crippen LogP contribution in [-0.2, 0) is 4.74 Å². The van der Waals surface area contributed by atoms with Gasteiger partial charge in [0.15, 0.2) is 6.29 Å². The molecule has 1 aromatic heterocycles. The summed E-state index contributed by atoms with van der Waals surface area (Å²) in [7, 11) is 1.44. The van der Waals surface area contributed by atoms with Crippen molar-refractivity contribution in [1.29, 1.82) is 0 Å². The molecule has 1 aliphatic heterocycles. The van der Waals surface area contributed by atoms with Crippen LogP contribution in [0.1, 0.15) is 23.0 Å². The molecule has 0 radical (unpaired) electrons. The molecule has 2 heterocycles. The highest BCUT2D eigenvalue weighted by Crippen LogP contribution is 2.41. The van der Waals surface area contributed by atoms with E-state index in [1.165, 1.54) is 7.11 Å². The molecule has 8 heteroatoms. The average molecular weight is 360 g/mol. The predicted molar refractivity (Wildman–Crippen MR) is 85.5 cm³/mol. The topological polar surface area (TPSA) is 80.9 Å². The molecule has 0 bridgehead atoms. The van der Waals surface area contributed by atoms with Crippen LogP contribution in [0.4, 0.5) is 0 Å². The van der Waals surface area contributed by atoms with Gasteiger partial charge in [0.1, 0.15) is 12.3 Å². The van der Waals surface area contributed by atoms with Crippen LogP contribution < -0.4 is 4.74 Å². The van der Waals surface area contributed by atoms with E-state index in [9.17, 15) is 15.0 Å². The highest BCUT2D eigenvalue weighted by atomic mass is 35.5. The number of aldehydes is 1. The molecule has 0 aliphatic carbocycles. The zero-order valence-corrected chi connectivity index (χ0v) is 13.7. The predicted octanol–water partition coefficient (Wildman–Crippen LogP) is 2.41. The molecule has 6 nitrogen and oxygen atoms in total. The lowest BCUT2D eigenvalue weighted by Gasteiger charge is -2.17. The van der Waals surface area contributed by atoms with Crippen LogP contribution in [-0.4, -0.2) is 47.0 Å². The first-order valence-electron chi connectivity index (χ1n) is 6.98. The summed E-state index contributed by atoms with van der Waals surface area (Å²) in [4.78, 5) is 11.5. The van der Waals surface area contributed by atoms with Crippen molar-refractivity contribution in [3.8, 4) is 5.88 Å². The Morgan fingerprint density at radius 3 is 2.70 bits per heavy atom. The highest BCUT2D eigenvalue weighted by Gasteiger charge is 2.37. The maximum atomic E-state index is 11.5. The van der Waals surface area contributed by atoms with Gasteiger partial charge in [-0.15, -0.1) is 0 Å². The molecular formula is C15H15Cl2NO5. The van der Waals surface area contributed by atoms with Crippen LogP contribution in [0.2, 0.25) is 10.0 Å². The van der Waals surface area contributed by atoms with Gasteiger partial charge in [-0.05, 0) is 12.1 Å². The van der Waals surface area contributed by atoms with Gasteiger partial charge >= 0.3 is 0 Å². The van der Waals surface area contributed by atoms with Crippen molar-refractivity contribution >= 4 is 40.4 Å². The van der Waals surface area contributed by atoms with Crippen molar-refractivity contribution in [2.75, 3.05) is 13.7 Å². The van der Waals surface area contributed by atoms with Gasteiger partial charge in [0.25, 0.3) is 0 Å². The minimum atomic E-state index is -0.811. The second-order valence-corrected chi connectivity index (χ2v) is 6.12. The van der Waals surface area contributed by atoms with Crippen molar-refractivity contribution in [3.05, 3.63) is 27.7 Å². The Morgan fingerprint density at radius 2 is 2.13 bits per heavy atom. The maximum absolute atomic E-state index is 11.5. The summed E-state index contributed by atoms with van der Waals surface area (Å²) in [5, 5.41) is 20.4. The largest absolute Gasteiger partial charge is 0.482 e. The molecule has 1 unspecified atom stereocenters.